The smallest absolute Gasteiger partial charge is 0.351 e. The summed E-state index contributed by atoms with van der Waals surface area (Å²) in [4.78, 5) is 17.0. The van der Waals surface area contributed by atoms with Gasteiger partial charge in [-0.05, 0) is 48.2 Å². The number of nitro groups is 1. The number of likely N-dealkylation sites (tertiary alicyclic amines) is 1. The number of nitro benzene ring substituents is 1. The number of rotatable bonds is 2. The lowest BCUT2D eigenvalue weighted by molar-refractivity contribution is -0.388. The topological polar surface area (TPSA) is 58.7 Å². The Labute approximate surface area is 179 Å². The summed E-state index contributed by atoms with van der Waals surface area (Å²) in [6.45, 7) is 4.82. The van der Waals surface area contributed by atoms with Crippen LogP contribution in [0.1, 0.15) is 35.4 Å². The summed E-state index contributed by atoms with van der Waals surface area (Å²) in [6.07, 6.45) is -3.40. The summed E-state index contributed by atoms with van der Waals surface area (Å²) in [7, 11) is 0. The fraction of sp³-hybridized carbons (Fsp3) is 0.286. The number of benzene rings is 2. The molecule has 2 aromatic rings. The van der Waals surface area contributed by atoms with Gasteiger partial charge in [0.25, 0.3) is 5.69 Å². The first-order valence-corrected chi connectivity index (χ1v) is 10.3. The minimum Gasteiger partial charge on any atom is -0.351 e. The summed E-state index contributed by atoms with van der Waals surface area (Å²) in [5, 5.41) is 11.9. The van der Waals surface area contributed by atoms with E-state index in [9.17, 15) is 27.7 Å². The Balaban J connectivity index is 1.58. The van der Waals surface area contributed by atoms with Gasteiger partial charge < -0.3 is 4.90 Å². The van der Waals surface area contributed by atoms with Gasteiger partial charge in [0, 0.05) is 24.7 Å². The van der Waals surface area contributed by atoms with Crippen LogP contribution in [0.2, 0.25) is 0 Å². The molecule has 162 valence electrons. The SMILES string of the molecule is C=C1N=C(N2CCC(c3ccccc3F)CC2)Sc2c1cc(C(F)(F)F)cc2[N+](=O)[O-]. The quantitative estimate of drug-likeness (QED) is 0.316. The van der Waals surface area contributed by atoms with E-state index in [2.05, 4.69) is 11.6 Å². The Kier molecular flexibility index (Phi) is 5.50. The average Bonchev–Trinajstić information content (AvgIpc) is 2.72. The van der Waals surface area contributed by atoms with Crippen LogP contribution in [0.4, 0.5) is 23.2 Å². The maximum Gasteiger partial charge on any atom is 0.416 e. The highest BCUT2D eigenvalue weighted by molar-refractivity contribution is 8.14. The average molecular weight is 451 g/mol. The highest BCUT2D eigenvalue weighted by Crippen LogP contribution is 2.45. The van der Waals surface area contributed by atoms with Crippen molar-refractivity contribution in [2.24, 2.45) is 4.99 Å². The van der Waals surface area contributed by atoms with E-state index in [1.807, 2.05) is 4.90 Å². The molecule has 2 aliphatic rings. The van der Waals surface area contributed by atoms with Crippen LogP contribution >= 0.6 is 11.8 Å². The predicted octanol–water partition coefficient (Wildman–Crippen LogP) is 6.06. The van der Waals surface area contributed by atoms with Crippen LogP contribution in [-0.4, -0.2) is 28.1 Å². The van der Waals surface area contributed by atoms with Gasteiger partial charge in [-0.3, -0.25) is 10.1 Å². The maximum atomic E-state index is 14.1. The number of hydrogen-bond donors (Lipinski definition) is 0. The molecule has 0 amide bonds. The number of alkyl halides is 3. The van der Waals surface area contributed by atoms with Crippen LogP contribution in [-0.2, 0) is 6.18 Å². The van der Waals surface area contributed by atoms with Crippen molar-refractivity contribution in [1.82, 2.24) is 4.90 Å². The molecule has 1 saturated heterocycles. The van der Waals surface area contributed by atoms with Crippen molar-refractivity contribution in [3.8, 4) is 0 Å². The number of thioether (sulfide) groups is 1. The molecule has 31 heavy (non-hydrogen) atoms. The van der Waals surface area contributed by atoms with E-state index < -0.39 is 22.4 Å². The van der Waals surface area contributed by atoms with E-state index in [1.54, 1.807) is 18.2 Å². The van der Waals surface area contributed by atoms with Crippen LogP contribution in [0, 0.1) is 15.9 Å². The van der Waals surface area contributed by atoms with Gasteiger partial charge in [0.05, 0.1) is 16.2 Å². The number of hydrogen-bond acceptors (Lipinski definition) is 5. The first-order chi connectivity index (χ1) is 14.6. The van der Waals surface area contributed by atoms with E-state index in [0.717, 1.165) is 17.8 Å². The molecule has 0 N–H and O–H groups in total. The monoisotopic (exact) mass is 451 g/mol. The van der Waals surface area contributed by atoms with E-state index in [1.165, 1.54) is 6.07 Å². The second-order valence-corrected chi connectivity index (χ2v) is 8.33. The Hall–Kier alpha value is -2.88. The third kappa shape index (κ3) is 4.16. The molecule has 0 spiro atoms. The predicted molar refractivity (Wildman–Crippen MR) is 110 cm³/mol. The molecular weight excluding hydrogens is 434 g/mol. The third-order valence-electron chi connectivity index (χ3n) is 5.44. The molecule has 0 bridgehead atoms. The minimum absolute atomic E-state index is 0.0107. The summed E-state index contributed by atoms with van der Waals surface area (Å²) < 4.78 is 53.6. The van der Waals surface area contributed by atoms with Gasteiger partial charge >= 0.3 is 6.18 Å². The summed E-state index contributed by atoms with van der Waals surface area (Å²) in [5.41, 5.74) is -1.01. The fourth-order valence-electron chi connectivity index (χ4n) is 3.85. The van der Waals surface area contributed by atoms with Gasteiger partial charge in [-0.1, -0.05) is 24.8 Å². The Morgan fingerprint density at radius 2 is 1.87 bits per heavy atom. The zero-order chi connectivity index (χ0) is 22.3. The maximum absolute atomic E-state index is 14.1. The van der Waals surface area contributed by atoms with Gasteiger partial charge in [-0.15, -0.1) is 0 Å². The Morgan fingerprint density at radius 1 is 1.19 bits per heavy atom. The molecule has 0 saturated carbocycles. The molecule has 1 fully saturated rings. The second-order valence-electron chi connectivity index (χ2n) is 7.35. The van der Waals surface area contributed by atoms with Crippen LogP contribution in [0.3, 0.4) is 0 Å². The van der Waals surface area contributed by atoms with E-state index in [-0.39, 0.29) is 27.9 Å². The molecule has 0 aliphatic carbocycles. The van der Waals surface area contributed by atoms with Crippen LogP contribution in [0.5, 0.6) is 0 Å². The molecule has 2 heterocycles. The van der Waals surface area contributed by atoms with Gasteiger partial charge in [-0.2, -0.15) is 13.2 Å². The lowest BCUT2D eigenvalue weighted by Crippen LogP contribution is -2.37. The fourth-order valence-corrected chi connectivity index (χ4v) is 5.02. The van der Waals surface area contributed by atoms with Gasteiger partial charge in [0.1, 0.15) is 10.7 Å². The zero-order valence-corrected chi connectivity index (χ0v) is 17.0. The van der Waals surface area contributed by atoms with Gasteiger partial charge in [0.15, 0.2) is 5.17 Å². The van der Waals surface area contributed by atoms with Crippen molar-refractivity contribution >= 4 is 28.3 Å². The van der Waals surface area contributed by atoms with Gasteiger partial charge in [-0.25, -0.2) is 9.38 Å². The normalized spacial score (nSPS) is 17.4. The number of aliphatic imine (C=N–C) groups is 1. The summed E-state index contributed by atoms with van der Waals surface area (Å²) in [6, 6.07) is 8.03. The van der Waals surface area contributed by atoms with Gasteiger partial charge in [0.2, 0.25) is 0 Å². The van der Waals surface area contributed by atoms with Crippen molar-refractivity contribution in [1.29, 1.82) is 0 Å². The first kappa shape index (κ1) is 21.4. The number of amidine groups is 1. The molecule has 0 aromatic heterocycles. The number of nitrogens with zero attached hydrogens (tertiary/aromatic N) is 3. The van der Waals surface area contributed by atoms with Crippen LogP contribution in [0.25, 0.3) is 5.70 Å². The Bertz CT molecular complexity index is 1090. The van der Waals surface area contributed by atoms with Crippen molar-refractivity contribution in [3.05, 3.63) is 75.6 Å². The lowest BCUT2D eigenvalue weighted by atomic mass is 9.89. The summed E-state index contributed by atoms with van der Waals surface area (Å²) >= 11 is 0.974. The number of piperidine rings is 1. The first-order valence-electron chi connectivity index (χ1n) is 9.50. The van der Waals surface area contributed by atoms with E-state index in [4.69, 9.17) is 0 Å². The molecule has 2 aliphatic heterocycles. The third-order valence-corrected chi connectivity index (χ3v) is 6.60. The molecular formula is C21H17F4N3O2S. The second kappa shape index (κ2) is 7.99. The Morgan fingerprint density at radius 3 is 2.48 bits per heavy atom. The van der Waals surface area contributed by atoms with Crippen LogP contribution in [0.15, 0.2) is 52.9 Å². The molecule has 0 atom stereocenters. The summed E-state index contributed by atoms with van der Waals surface area (Å²) in [5.74, 6) is -0.200. The molecule has 0 radical (unpaired) electrons. The van der Waals surface area contributed by atoms with E-state index >= 15 is 0 Å². The highest BCUT2D eigenvalue weighted by Gasteiger charge is 2.37. The number of fused-ring (bicyclic) bond motifs is 1. The lowest BCUT2D eigenvalue weighted by Gasteiger charge is -2.35. The standard InChI is InChI=1S/C21H17F4N3O2S/c1-12-16-10-14(21(23,24)25)11-18(28(29)30)19(16)31-20(26-12)27-8-6-13(7-9-27)15-4-2-3-5-17(15)22/h2-5,10-11,13H,1,6-9H2. The minimum atomic E-state index is -4.72. The molecule has 10 heteroatoms. The largest absolute Gasteiger partial charge is 0.416 e. The number of halogens is 4. The molecule has 5 nitrogen and oxygen atoms in total. The molecule has 2 aromatic carbocycles. The van der Waals surface area contributed by atoms with Crippen molar-refractivity contribution < 1.29 is 22.5 Å². The highest BCUT2D eigenvalue weighted by atomic mass is 32.2. The molecule has 4 rings (SSSR count). The molecule has 0 unspecified atom stereocenters. The van der Waals surface area contributed by atoms with Crippen molar-refractivity contribution in [3.63, 3.8) is 0 Å². The van der Waals surface area contributed by atoms with E-state index in [0.29, 0.717) is 42.7 Å². The zero-order valence-electron chi connectivity index (χ0n) is 16.2. The van der Waals surface area contributed by atoms with Crippen molar-refractivity contribution in [2.45, 2.75) is 29.8 Å². The van der Waals surface area contributed by atoms with Crippen LogP contribution < -0.4 is 0 Å². The van der Waals surface area contributed by atoms with Crippen molar-refractivity contribution in [2.75, 3.05) is 13.1 Å².